The highest BCUT2D eigenvalue weighted by atomic mass is 32.1. The summed E-state index contributed by atoms with van der Waals surface area (Å²) in [6.45, 7) is 6.53. The Morgan fingerprint density at radius 2 is 2.12 bits per heavy atom. The van der Waals surface area contributed by atoms with Crippen molar-refractivity contribution in [3.63, 3.8) is 0 Å². The van der Waals surface area contributed by atoms with E-state index in [0.29, 0.717) is 0 Å². The third-order valence-corrected chi connectivity index (χ3v) is 4.95. The topological polar surface area (TPSA) is 42.4 Å². The number of aromatic nitrogens is 1. The quantitative estimate of drug-likeness (QED) is 0.897. The fourth-order valence-electron chi connectivity index (χ4n) is 2.63. The van der Waals surface area contributed by atoms with Crippen LogP contribution in [0.3, 0.4) is 0 Å². The lowest BCUT2D eigenvalue weighted by atomic mass is 10.0. The summed E-state index contributed by atoms with van der Waals surface area (Å²) in [4.78, 5) is 5.62. The minimum Gasteiger partial charge on any atom is -0.388 e. The van der Waals surface area contributed by atoms with Crippen LogP contribution in [-0.2, 0) is 10.3 Å². The molecular weight excluding hydrogens is 234 g/mol. The maximum atomic E-state index is 9.70. The first kappa shape index (κ1) is 13.0. The number of aliphatic hydroxyl groups excluding tert-OH is 1. The molecule has 1 N–H and O–H groups in total. The molecule has 1 aliphatic rings. The predicted octanol–water partition coefficient (Wildman–Crippen LogP) is 3.31. The van der Waals surface area contributed by atoms with Gasteiger partial charge in [-0.05, 0) is 33.6 Å². The van der Waals surface area contributed by atoms with E-state index in [1.165, 1.54) is 12.8 Å². The Morgan fingerprint density at radius 1 is 1.47 bits per heavy atom. The van der Waals surface area contributed by atoms with Crippen LogP contribution in [0.5, 0.6) is 0 Å². The normalized spacial score (nSPS) is 20.7. The lowest BCUT2D eigenvalue weighted by Crippen LogP contribution is -2.25. The highest BCUT2D eigenvalue weighted by Gasteiger charge is 2.39. The van der Waals surface area contributed by atoms with Crippen molar-refractivity contribution >= 4 is 11.3 Å². The van der Waals surface area contributed by atoms with Crippen molar-refractivity contribution in [2.45, 2.75) is 58.2 Å². The van der Waals surface area contributed by atoms with Crippen molar-refractivity contribution in [1.82, 2.24) is 4.98 Å². The number of nitrogens with zero attached hydrogens (tertiary/aromatic N) is 1. The molecule has 1 heterocycles. The molecule has 0 radical (unpaired) electrons. The molecule has 17 heavy (non-hydrogen) atoms. The number of hydrogen-bond acceptors (Lipinski definition) is 4. The van der Waals surface area contributed by atoms with Gasteiger partial charge in [0.1, 0.15) is 10.6 Å². The summed E-state index contributed by atoms with van der Waals surface area (Å²) < 4.78 is 5.99. The van der Waals surface area contributed by atoms with Crippen molar-refractivity contribution < 1.29 is 9.84 Å². The molecule has 1 aromatic heterocycles. The van der Waals surface area contributed by atoms with Crippen LogP contribution in [-0.4, -0.2) is 16.7 Å². The van der Waals surface area contributed by atoms with Crippen molar-refractivity contribution in [3.8, 4) is 0 Å². The van der Waals surface area contributed by atoms with E-state index in [0.717, 1.165) is 35.0 Å². The zero-order valence-corrected chi connectivity index (χ0v) is 11.6. The Hall–Kier alpha value is -0.450. The molecule has 96 valence electrons. The SMILES string of the molecule is CCOC1(c2nc(C)c(C(C)O)s2)CCCC1. The first-order valence-electron chi connectivity index (χ1n) is 6.39. The number of thiazole rings is 1. The summed E-state index contributed by atoms with van der Waals surface area (Å²) in [5, 5.41) is 10.8. The van der Waals surface area contributed by atoms with E-state index in [2.05, 4.69) is 4.98 Å². The fraction of sp³-hybridized carbons (Fsp3) is 0.769. The van der Waals surface area contributed by atoms with E-state index >= 15 is 0 Å². The van der Waals surface area contributed by atoms with Gasteiger partial charge in [0.15, 0.2) is 0 Å². The molecular formula is C13H21NO2S. The zero-order chi connectivity index (χ0) is 12.5. The van der Waals surface area contributed by atoms with Crippen molar-refractivity contribution in [3.05, 3.63) is 15.6 Å². The van der Waals surface area contributed by atoms with Gasteiger partial charge < -0.3 is 9.84 Å². The van der Waals surface area contributed by atoms with Crippen LogP contribution in [0.4, 0.5) is 0 Å². The summed E-state index contributed by atoms with van der Waals surface area (Å²) in [5.74, 6) is 0. The minimum atomic E-state index is -0.429. The van der Waals surface area contributed by atoms with E-state index in [1.807, 2.05) is 13.8 Å². The molecule has 1 unspecified atom stereocenters. The summed E-state index contributed by atoms with van der Waals surface area (Å²) in [6, 6.07) is 0. The van der Waals surface area contributed by atoms with Gasteiger partial charge in [-0.3, -0.25) is 0 Å². The van der Waals surface area contributed by atoms with Crippen LogP contribution < -0.4 is 0 Å². The molecule has 1 aliphatic carbocycles. The van der Waals surface area contributed by atoms with E-state index in [9.17, 15) is 5.11 Å². The standard InChI is InChI=1S/C13H21NO2S/c1-4-16-13(7-5-6-8-13)12-14-9(2)11(17-12)10(3)15/h10,15H,4-8H2,1-3H3. The first-order valence-corrected chi connectivity index (χ1v) is 7.20. The van der Waals surface area contributed by atoms with E-state index in [4.69, 9.17) is 4.74 Å². The zero-order valence-electron chi connectivity index (χ0n) is 10.8. The Bertz CT molecular complexity index is 381. The van der Waals surface area contributed by atoms with Gasteiger partial charge in [0.25, 0.3) is 0 Å². The second-order valence-corrected chi connectivity index (χ2v) is 5.81. The smallest absolute Gasteiger partial charge is 0.125 e. The summed E-state index contributed by atoms with van der Waals surface area (Å²) in [7, 11) is 0. The summed E-state index contributed by atoms with van der Waals surface area (Å²) >= 11 is 1.62. The van der Waals surface area contributed by atoms with Gasteiger partial charge in [-0.15, -0.1) is 11.3 Å². The molecule has 0 amide bonds. The van der Waals surface area contributed by atoms with Gasteiger partial charge in [0.05, 0.1) is 16.7 Å². The molecule has 1 aromatic rings. The van der Waals surface area contributed by atoms with Crippen LogP contribution in [0, 0.1) is 6.92 Å². The molecule has 3 nitrogen and oxygen atoms in total. The molecule has 0 spiro atoms. The predicted molar refractivity (Wildman–Crippen MR) is 69.3 cm³/mol. The van der Waals surface area contributed by atoms with Gasteiger partial charge in [0.2, 0.25) is 0 Å². The number of rotatable bonds is 4. The second kappa shape index (κ2) is 5.04. The molecule has 1 saturated carbocycles. The molecule has 0 aromatic carbocycles. The molecule has 0 saturated heterocycles. The third kappa shape index (κ3) is 2.39. The maximum Gasteiger partial charge on any atom is 0.125 e. The average molecular weight is 255 g/mol. The number of ether oxygens (including phenoxy) is 1. The van der Waals surface area contributed by atoms with Gasteiger partial charge >= 0.3 is 0 Å². The lowest BCUT2D eigenvalue weighted by molar-refractivity contribution is -0.0391. The monoisotopic (exact) mass is 255 g/mol. The van der Waals surface area contributed by atoms with Crippen LogP contribution in [0.1, 0.15) is 61.2 Å². The third-order valence-electron chi connectivity index (χ3n) is 3.43. The Kier molecular flexibility index (Phi) is 3.85. The van der Waals surface area contributed by atoms with Crippen molar-refractivity contribution in [2.24, 2.45) is 0 Å². The van der Waals surface area contributed by atoms with E-state index in [-0.39, 0.29) is 5.60 Å². The molecule has 4 heteroatoms. The second-order valence-electron chi connectivity index (χ2n) is 4.78. The summed E-state index contributed by atoms with van der Waals surface area (Å²) in [5.41, 5.74) is 0.781. The molecule has 1 atom stereocenters. The number of aryl methyl sites for hydroxylation is 1. The minimum absolute atomic E-state index is 0.169. The molecule has 0 bridgehead atoms. The van der Waals surface area contributed by atoms with Crippen LogP contribution in [0.2, 0.25) is 0 Å². The lowest BCUT2D eigenvalue weighted by Gasteiger charge is -2.26. The van der Waals surface area contributed by atoms with Gasteiger partial charge in [0, 0.05) is 6.61 Å². The van der Waals surface area contributed by atoms with Crippen LogP contribution >= 0.6 is 11.3 Å². The summed E-state index contributed by atoms with van der Waals surface area (Å²) in [6.07, 6.45) is 4.12. The molecule has 1 fully saturated rings. The van der Waals surface area contributed by atoms with Crippen molar-refractivity contribution in [1.29, 1.82) is 0 Å². The highest BCUT2D eigenvalue weighted by molar-refractivity contribution is 7.12. The maximum absolute atomic E-state index is 9.70. The number of hydrogen-bond donors (Lipinski definition) is 1. The molecule has 2 rings (SSSR count). The highest BCUT2D eigenvalue weighted by Crippen LogP contribution is 2.44. The molecule has 0 aliphatic heterocycles. The van der Waals surface area contributed by atoms with Gasteiger partial charge in [-0.1, -0.05) is 12.8 Å². The Balaban J connectivity index is 2.33. The largest absolute Gasteiger partial charge is 0.388 e. The van der Waals surface area contributed by atoms with Gasteiger partial charge in [-0.25, -0.2) is 4.98 Å². The first-order chi connectivity index (χ1) is 8.09. The number of aliphatic hydroxyl groups is 1. The fourth-order valence-corrected chi connectivity index (χ4v) is 3.84. The van der Waals surface area contributed by atoms with Crippen LogP contribution in [0.25, 0.3) is 0 Å². The Labute approximate surface area is 107 Å². The van der Waals surface area contributed by atoms with E-state index < -0.39 is 6.10 Å². The average Bonchev–Trinajstić information content (AvgIpc) is 2.86. The van der Waals surface area contributed by atoms with Crippen molar-refractivity contribution in [2.75, 3.05) is 6.61 Å². The van der Waals surface area contributed by atoms with Crippen LogP contribution in [0.15, 0.2) is 0 Å². The Morgan fingerprint density at radius 3 is 2.59 bits per heavy atom. The van der Waals surface area contributed by atoms with Gasteiger partial charge in [-0.2, -0.15) is 0 Å². The van der Waals surface area contributed by atoms with E-state index in [1.54, 1.807) is 18.3 Å².